The second kappa shape index (κ2) is 7.57. The average Bonchev–Trinajstić information content (AvgIpc) is 2.79. The van der Waals surface area contributed by atoms with Gasteiger partial charge in [0, 0.05) is 11.5 Å². The molecule has 0 bridgehead atoms. The maximum atomic E-state index is 12.9. The lowest BCUT2D eigenvalue weighted by atomic mass is 9.88. The fourth-order valence-corrected chi connectivity index (χ4v) is 3.62. The molecule has 5 nitrogen and oxygen atoms in total. The molecular weight excluding hydrogens is 292 g/mol. The van der Waals surface area contributed by atoms with Crippen molar-refractivity contribution in [2.75, 3.05) is 6.54 Å². The molecule has 0 N–H and O–H groups in total. The Hall–Kier alpha value is -1.91. The highest BCUT2D eigenvalue weighted by Crippen LogP contribution is 2.34. The topological polar surface area (TPSA) is 63.5 Å². The average molecular weight is 318 g/mol. The number of benzene rings is 1. The summed E-state index contributed by atoms with van der Waals surface area (Å²) >= 11 is 0. The largest absolute Gasteiger partial charge is 0.332 e. The van der Waals surface area contributed by atoms with E-state index in [9.17, 15) is 14.9 Å². The number of nitro groups is 1. The van der Waals surface area contributed by atoms with Gasteiger partial charge in [0.25, 0.3) is 0 Å². The molecular formula is C18H26N2O3. The normalized spacial score (nSPS) is 24.4. The summed E-state index contributed by atoms with van der Waals surface area (Å²) in [4.78, 5) is 26.1. The summed E-state index contributed by atoms with van der Waals surface area (Å²) in [7, 11) is 0. The zero-order valence-corrected chi connectivity index (χ0v) is 14.1. The van der Waals surface area contributed by atoms with E-state index < -0.39 is 12.0 Å². The molecule has 1 fully saturated rings. The fourth-order valence-electron chi connectivity index (χ4n) is 3.62. The zero-order chi connectivity index (χ0) is 17.0. The Labute approximate surface area is 137 Å². The first-order valence-electron chi connectivity index (χ1n) is 8.45. The number of hydrogen-bond donors (Lipinski definition) is 0. The van der Waals surface area contributed by atoms with E-state index >= 15 is 0 Å². The van der Waals surface area contributed by atoms with Crippen molar-refractivity contribution in [1.82, 2.24) is 4.90 Å². The van der Waals surface area contributed by atoms with Gasteiger partial charge < -0.3 is 4.90 Å². The fraction of sp³-hybridized carbons (Fsp3) is 0.611. The molecule has 23 heavy (non-hydrogen) atoms. The molecule has 0 aromatic heterocycles. The Bertz CT molecular complexity index is 544. The standard InChI is InChI=1S/C18H26N2O3/c1-4-5-11-19-16(13(2)3)17(20(22)23)15(18(19)21)12-14-9-7-6-8-10-14/h6-10,13,15-17H,4-5,11-12H2,1-3H3/t15-,16-,17+/m1/s1. The van der Waals surface area contributed by atoms with Crippen LogP contribution >= 0.6 is 0 Å². The molecule has 0 spiro atoms. The number of likely N-dealkylation sites (tertiary alicyclic amines) is 1. The lowest BCUT2D eigenvalue weighted by Gasteiger charge is -2.27. The Morgan fingerprint density at radius 3 is 2.43 bits per heavy atom. The van der Waals surface area contributed by atoms with Crippen molar-refractivity contribution in [2.45, 2.75) is 52.1 Å². The van der Waals surface area contributed by atoms with Crippen LogP contribution in [0, 0.1) is 22.0 Å². The highest BCUT2D eigenvalue weighted by molar-refractivity contribution is 5.83. The quantitative estimate of drug-likeness (QED) is 0.573. The van der Waals surface area contributed by atoms with Gasteiger partial charge in [-0.2, -0.15) is 0 Å². The second-order valence-corrected chi connectivity index (χ2v) is 6.69. The second-order valence-electron chi connectivity index (χ2n) is 6.69. The molecule has 2 rings (SSSR count). The summed E-state index contributed by atoms with van der Waals surface area (Å²) in [6.45, 7) is 6.63. The summed E-state index contributed by atoms with van der Waals surface area (Å²) in [5.41, 5.74) is 0.984. The molecule has 0 aliphatic carbocycles. The molecule has 1 aromatic carbocycles. The minimum Gasteiger partial charge on any atom is -0.332 e. The van der Waals surface area contributed by atoms with E-state index in [1.54, 1.807) is 4.90 Å². The van der Waals surface area contributed by atoms with Gasteiger partial charge in [-0.1, -0.05) is 57.5 Å². The number of hydrogen-bond acceptors (Lipinski definition) is 3. The molecule has 1 aromatic rings. The first-order valence-corrected chi connectivity index (χ1v) is 8.45. The number of nitrogens with zero attached hydrogens (tertiary/aromatic N) is 2. The van der Waals surface area contributed by atoms with Gasteiger partial charge in [-0.25, -0.2) is 0 Å². The van der Waals surface area contributed by atoms with Gasteiger partial charge in [0.15, 0.2) is 0 Å². The summed E-state index contributed by atoms with van der Waals surface area (Å²) in [5.74, 6) is -0.536. The number of carbonyl (C=O) groups excluding carboxylic acids is 1. The van der Waals surface area contributed by atoms with Crippen molar-refractivity contribution in [2.24, 2.45) is 11.8 Å². The number of unbranched alkanes of at least 4 members (excludes halogenated alkanes) is 1. The summed E-state index contributed by atoms with van der Waals surface area (Å²) < 4.78 is 0. The molecule has 126 valence electrons. The number of rotatable bonds is 7. The van der Waals surface area contributed by atoms with Gasteiger partial charge in [-0.05, 0) is 24.3 Å². The van der Waals surface area contributed by atoms with E-state index in [0.29, 0.717) is 13.0 Å². The minimum atomic E-state index is -0.820. The predicted octanol–water partition coefficient (Wildman–Crippen LogP) is 3.16. The van der Waals surface area contributed by atoms with Gasteiger partial charge in [-0.3, -0.25) is 14.9 Å². The molecule has 1 amide bonds. The Balaban J connectivity index is 2.31. The maximum absolute atomic E-state index is 12.9. The lowest BCUT2D eigenvalue weighted by molar-refractivity contribution is -0.533. The third-order valence-corrected chi connectivity index (χ3v) is 4.70. The van der Waals surface area contributed by atoms with Crippen LogP contribution in [0.1, 0.15) is 39.2 Å². The summed E-state index contributed by atoms with van der Waals surface area (Å²) in [6.07, 6.45) is 2.30. The van der Waals surface area contributed by atoms with Gasteiger partial charge in [0.05, 0.1) is 0 Å². The van der Waals surface area contributed by atoms with E-state index in [1.165, 1.54) is 0 Å². The van der Waals surface area contributed by atoms with E-state index in [-0.39, 0.29) is 22.8 Å². The Morgan fingerprint density at radius 1 is 1.26 bits per heavy atom. The smallest absolute Gasteiger partial charge is 0.245 e. The Morgan fingerprint density at radius 2 is 1.91 bits per heavy atom. The van der Waals surface area contributed by atoms with E-state index in [4.69, 9.17) is 0 Å². The van der Waals surface area contributed by atoms with Crippen LogP contribution in [0.25, 0.3) is 0 Å². The third kappa shape index (κ3) is 3.71. The molecule has 3 atom stereocenters. The first kappa shape index (κ1) is 17.4. The summed E-state index contributed by atoms with van der Waals surface area (Å²) in [6, 6.07) is 8.47. The third-order valence-electron chi connectivity index (χ3n) is 4.70. The highest BCUT2D eigenvalue weighted by atomic mass is 16.6. The van der Waals surface area contributed by atoms with Gasteiger partial charge in [0.1, 0.15) is 12.0 Å². The molecule has 0 unspecified atom stereocenters. The first-order chi connectivity index (χ1) is 11.0. The number of amides is 1. The van der Waals surface area contributed by atoms with Crippen molar-refractivity contribution in [1.29, 1.82) is 0 Å². The molecule has 1 saturated heterocycles. The lowest BCUT2D eigenvalue weighted by Crippen LogP contribution is -2.44. The van der Waals surface area contributed by atoms with E-state index in [0.717, 1.165) is 18.4 Å². The van der Waals surface area contributed by atoms with Crippen LogP contribution in [-0.4, -0.2) is 34.4 Å². The SMILES string of the molecule is CCCCN1C(=O)[C@H](Cc2ccccc2)[C@H]([N+](=O)[O-])[C@H]1C(C)C. The van der Waals surface area contributed by atoms with Crippen LogP contribution in [0.4, 0.5) is 0 Å². The molecule has 5 heteroatoms. The predicted molar refractivity (Wildman–Crippen MR) is 89.7 cm³/mol. The van der Waals surface area contributed by atoms with Crippen molar-refractivity contribution in [3.05, 3.63) is 46.0 Å². The van der Waals surface area contributed by atoms with Crippen LogP contribution in [0.5, 0.6) is 0 Å². The molecule has 0 saturated carbocycles. The Kier molecular flexibility index (Phi) is 5.74. The van der Waals surface area contributed by atoms with Gasteiger partial charge in [0.2, 0.25) is 11.9 Å². The van der Waals surface area contributed by atoms with Crippen LogP contribution in [0.2, 0.25) is 0 Å². The molecule has 0 radical (unpaired) electrons. The van der Waals surface area contributed by atoms with E-state index in [1.807, 2.05) is 44.2 Å². The van der Waals surface area contributed by atoms with Crippen molar-refractivity contribution >= 4 is 5.91 Å². The minimum absolute atomic E-state index is 0.0531. The molecule has 1 aliphatic rings. The number of carbonyl (C=O) groups is 1. The van der Waals surface area contributed by atoms with Crippen LogP contribution in [0.3, 0.4) is 0 Å². The molecule has 1 heterocycles. The monoisotopic (exact) mass is 318 g/mol. The van der Waals surface area contributed by atoms with Gasteiger partial charge in [-0.15, -0.1) is 0 Å². The van der Waals surface area contributed by atoms with E-state index in [2.05, 4.69) is 6.92 Å². The molecule has 1 aliphatic heterocycles. The highest BCUT2D eigenvalue weighted by Gasteiger charge is 2.55. The van der Waals surface area contributed by atoms with Crippen LogP contribution < -0.4 is 0 Å². The van der Waals surface area contributed by atoms with Crippen molar-refractivity contribution < 1.29 is 9.72 Å². The van der Waals surface area contributed by atoms with Crippen LogP contribution in [-0.2, 0) is 11.2 Å². The zero-order valence-electron chi connectivity index (χ0n) is 14.1. The maximum Gasteiger partial charge on any atom is 0.245 e. The van der Waals surface area contributed by atoms with Crippen molar-refractivity contribution in [3.8, 4) is 0 Å². The van der Waals surface area contributed by atoms with Crippen LogP contribution in [0.15, 0.2) is 30.3 Å². The summed E-state index contributed by atoms with van der Waals surface area (Å²) in [5, 5.41) is 11.7. The van der Waals surface area contributed by atoms with Crippen molar-refractivity contribution in [3.63, 3.8) is 0 Å². The van der Waals surface area contributed by atoms with Gasteiger partial charge >= 0.3 is 0 Å².